The fraction of sp³-hybridized carbons (Fsp3) is 0.351. The first-order chi connectivity index (χ1) is 38.4. The molecule has 0 atom stereocenters. The fourth-order valence-electron chi connectivity index (χ4n) is 16.5. The van der Waals surface area contributed by atoms with Crippen molar-refractivity contribution in [1.82, 2.24) is 9.55 Å². The van der Waals surface area contributed by atoms with E-state index in [2.05, 4.69) is 239 Å². The summed E-state index contributed by atoms with van der Waals surface area (Å²) in [4.78, 5) is 10.1. The molecule has 5 aliphatic rings. The van der Waals surface area contributed by atoms with Gasteiger partial charge in [0.25, 0.3) is 0 Å². The van der Waals surface area contributed by atoms with Gasteiger partial charge in [-0.15, -0.1) is 53.6 Å². The van der Waals surface area contributed by atoms with Crippen molar-refractivity contribution in [2.75, 3.05) is 9.80 Å². The summed E-state index contributed by atoms with van der Waals surface area (Å²) in [5.41, 5.74) is 14.7. The van der Waals surface area contributed by atoms with E-state index in [0.717, 1.165) is 39.0 Å². The van der Waals surface area contributed by atoms with Gasteiger partial charge < -0.3 is 19.1 Å². The quantitative estimate of drug-likeness (QED) is 0.135. The molecule has 3 heterocycles. The van der Waals surface area contributed by atoms with Crippen molar-refractivity contribution in [3.63, 3.8) is 0 Å². The number of fused-ring (bicyclic) bond motifs is 8. The van der Waals surface area contributed by atoms with E-state index in [-0.39, 0.29) is 42.7 Å². The smallest absolute Gasteiger partial charge is 0.135 e. The predicted molar refractivity (Wildman–Crippen MR) is 325 cm³/mol. The SMILES string of the molecule is CC(C)(C)c1cc(Oc2[c-]c3c(cc2)c2ccccc2n3-c2cc(C(C)(C)C)ccn2)[c-]c(N2[CH-]N(c3c(C4(c5ccccc5)C5CCCC4CCC5)cccc3C3(c4ccccc4)C4CCCC3CCC4)c3ccccc32)c1.[Pt]. The Bertz CT molecular complexity index is 3600. The molecule has 0 N–H and O–H groups in total. The van der Waals surface area contributed by atoms with Crippen molar-refractivity contribution < 1.29 is 25.8 Å². The predicted octanol–water partition coefficient (Wildman–Crippen LogP) is 19.3. The van der Waals surface area contributed by atoms with Crippen molar-refractivity contribution in [3.05, 3.63) is 222 Å². The van der Waals surface area contributed by atoms with Crippen LogP contribution < -0.4 is 14.5 Å². The van der Waals surface area contributed by atoms with Gasteiger partial charge in [-0.2, -0.15) is 6.07 Å². The van der Waals surface area contributed by atoms with E-state index in [1.165, 1.54) is 122 Å². The third-order valence-corrected chi connectivity index (χ3v) is 19.9. The molecular weight excluding hydrogens is 1160 g/mol. The fourth-order valence-corrected chi connectivity index (χ4v) is 16.5. The van der Waals surface area contributed by atoms with E-state index in [9.17, 15) is 0 Å². The largest absolute Gasteiger partial charge is 0.509 e. The van der Waals surface area contributed by atoms with Gasteiger partial charge in [-0.05, 0) is 149 Å². The monoisotopic (exact) mass is 1230 g/mol. The zero-order chi connectivity index (χ0) is 53.7. The Morgan fingerprint density at radius 3 is 1.59 bits per heavy atom. The Morgan fingerprint density at radius 1 is 0.500 bits per heavy atom. The van der Waals surface area contributed by atoms with E-state index in [4.69, 9.17) is 9.72 Å². The molecule has 410 valence electrons. The van der Waals surface area contributed by atoms with Crippen molar-refractivity contribution in [3.8, 4) is 17.3 Å². The minimum atomic E-state index is -0.188. The molecule has 80 heavy (non-hydrogen) atoms. The number of ether oxygens (including phenoxy) is 1. The number of nitrogens with zero attached hydrogens (tertiary/aromatic N) is 4. The van der Waals surface area contributed by atoms with Crippen LogP contribution in [0, 0.1) is 42.5 Å². The molecule has 0 saturated heterocycles. The van der Waals surface area contributed by atoms with E-state index in [1.807, 2.05) is 6.20 Å². The van der Waals surface area contributed by atoms with Crippen LogP contribution in [0.1, 0.15) is 152 Å². The average Bonchev–Trinajstić information content (AvgIpc) is 4.18. The van der Waals surface area contributed by atoms with E-state index in [1.54, 1.807) is 0 Å². The van der Waals surface area contributed by atoms with Gasteiger partial charge in [0.05, 0.1) is 0 Å². The minimum absolute atomic E-state index is 0. The first-order valence-electron chi connectivity index (χ1n) is 29.9. The van der Waals surface area contributed by atoms with Crippen molar-refractivity contribution >= 4 is 44.6 Å². The standard InChI is InChI=1S/C74H75N4O.Pt/c1-71(2,3)56-42-43-75-69(46-56)78-65-37-14-13-34-61(65)62-41-40-59(48-68(62)78)79-60-45-57(72(4,5)6)44-58(47-60)76-49-77(67-39-16-15-38-66(67)76)70-63(73(50-22-9-7-10-23-50)52-26-17-27-53(73)29-18-28-52)35-21-36-64(70)74(51-24-11-8-12-25-51)54-30-19-31-55(74)33-20-32-54;/h7-16,21-25,34-46,49,52-55H,17-20,26-33H2,1-6H3;/q-3;. The second-order valence-electron chi connectivity index (χ2n) is 26.1. The third-order valence-electron chi connectivity index (χ3n) is 19.9. The summed E-state index contributed by atoms with van der Waals surface area (Å²) in [7, 11) is 0. The molecular formula is C74H75N4OPt-3. The van der Waals surface area contributed by atoms with E-state index in [0.29, 0.717) is 35.2 Å². The van der Waals surface area contributed by atoms with Crippen LogP contribution in [-0.2, 0) is 42.7 Å². The van der Waals surface area contributed by atoms with Gasteiger partial charge in [-0.1, -0.05) is 182 Å². The van der Waals surface area contributed by atoms with E-state index >= 15 is 0 Å². The summed E-state index contributed by atoms with van der Waals surface area (Å²) in [5.74, 6) is 4.40. The summed E-state index contributed by atoms with van der Waals surface area (Å²) in [6, 6.07) is 70.0. The second kappa shape index (κ2) is 20.5. The first kappa shape index (κ1) is 52.9. The number of aromatic nitrogens is 2. The zero-order valence-corrected chi connectivity index (χ0v) is 49.8. The zero-order valence-electron chi connectivity index (χ0n) is 47.6. The van der Waals surface area contributed by atoms with Crippen LogP contribution in [0.25, 0.3) is 27.6 Å². The molecule has 4 bridgehead atoms. The van der Waals surface area contributed by atoms with Crippen LogP contribution >= 0.6 is 0 Å². The van der Waals surface area contributed by atoms with Gasteiger partial charge in [-0.25, -0.2) is 4.98 Å². The Kier molecular flexibility index (Phi) is 13.6. The van der Waals surface area contributed by atoms with Crippen LogP contribution in [0.15, 0.2) is 170 Å². The van der Waals surface area contributed by atoms with Crippen LogP contribution in [0.5, 0.6) is 11.5 Å². The van der Waals surface area contributed by atoms with E-state index < -0.39 is 0 Å². The van der Waals surface area contributed by atoms with Crippen molar-refractivity contribution in [1.29, 1.82) is 0 Å². The molecule has 4 aliphatic carbocycles. The van der Waals surface area contributed by atoms with Crippen LogP contribution in [0.2, 0.25) is 0 Å². The van der Waals surface area contributed by atoms with Crippen LogP contribution in [0.3, 0.4) is 0 Å². The number of hydrogen-bond acceptors (Lipinski definition) is 4. The van der Waals surface area contributed by atoms with Crippen LogP contribution in [0.4, 0.5) is 22.7 Å². The van der Waals surface area contributed by atoms with Gasteiger partial charge in [0.2, 0.25) is 0 Å². The molecule has 14 rings (SSSR count). The first-order valence-corrected chi connectivity index (χ1v) is 29.9. The molecule has 0 amide bonds. The van der Waals surface area contributed by atoms with Gasteiger partial charge >= 0.3 is 0 Å². The summed E-state index contributed by atoms with van der Waals surface area (Å²) < 4.78 is 9.34. The average molecular weight is 1230 g/mol. The summed E-state index contributed by atoms with van der Waals surface area (Å²) in [6.07, 6.45) is 17.3. The molecule has 4 fully saturated rings. The van der Waals surface area contributed by atoms with Gasteiger partial charge in [-0.3, -0.25) is 0 Å². The molecule has 0 unspecified atom stereocenters. The molecule has 7 aromatic carbocycles. The van der Waals surface area contributed by atoms with Crippen LogP contribution in [-0.4, -0.2) is 9.55 Å². The Hall–Kier alpha value is -6.42. The molecule has 0 radical (unpaired) electrons. The van der Waals surface area contributed by atoms with Gasteiger partial charge in [0, 0.05) is 72.2 Å². The molecule has 6 heteroatoms. The number of rotatable bonds is 9. The second-order valence-corrected chi connectivity index (χ2v) is 26.1. The van der Waals surface area contributed by atoms with Crippen molar-refractivity contribution in [2.45, 2.75) is 140 Å². The normalized spacial score (nSPS) is 23.7. The molecule has 9 aromatic rings. The maximum Gasteiger partial charge on any atom is 0.135 e. The number of para-hydroxylation sites is 4. The van der Waals surface area contributed by atoms with Gasteiger partial charge in [0.1, 0.15) is 5.82 Å². The third kappa shape index (κ3) is 8.52. The number of pyridine rings is 1. The molecule has 4 saturated carbocycles. The summed E-state index contributed by atoms with van der Waals surface area (Å²) >= 11 is 0. The van der Waals surface area contributed by atoms with Crippen molar-refractivity contribution in [2.24, 2.45) is 23.7 Å². The molecule has 5 nitrogen and oxygen atoms in total. The maximum atomic E-state index is 7.09. The minimum Gasteiger partial charge on any atom is -0.509 e. The Morgan fingerprint density at radius 2 is 1.02 bits per heavy atom. The van der Waals surface area contributed by atoms with Gasteiger partial charge in [0.15, 0.2) is 0 Å². The molecule has 1 aliphatic heterocycles. The summed E-state index contributed by atoms with van der Waals surface area (Å²) in [6.45, 7) is 16.1. The number of hydrogen-bond donors (Lipinski definition) is 0. The Labute approximate surface area is 490 Å². The number of anilines is 4. The summed E-state index contributed by atoms with van der Waals surface area (Å²) in [5, 5.41) is 2.27. The molecule has 2 aromatic heterocycles. The Balaban J connectivity index is 0.00000605. The topological polar surface area (TPSA) is 33.5 Å². The molecule has 0 spiro atoms. The maximum absolute atomic E-state index is 7.09. The number of benzene rings is 7.